The van der Waals surface area contributed by atoms with Crippen LogP contribution in [0.25, 0.3) is 0 Å². The monoisotopic (exact) mass is 302 g/mol. The van der Waals surface area contributed by atoms with E-state index in [1.165, 1.54) is 0 Å². The Balaban J connectivity index is 2.24. The quantitative estimate of drug-likeness (QED) is 0.794. The molecule has 0 aromatic heterocycles. The predicted octanol–water partition coefficient (Wildman–Crippen LogP) is 1.72. The van der Waals surface area contributed by atoms with Crippen LogP contribution in [0, 0.1) is 0 Å². The van der Waals surface area contributed by atoms with E-state index in [0.29, 0.717) is 18.2 Å². The van der Waals surface area contributed by atoms with Crippen LogP contribution in [0.15, 0.2) is 24.3 Å². The topological polar surface area (TPSA) is 78.4 Å². The summed E-state index contributed by atoms with van der Waals surface area (Å²) >= 11 is 0. The highest BCUT2D eigenvalue weighted by Crippen LogP contribution is 2.34. The van der Waals surface area contributed by atoms with E-state index < -0.39 is 29.5 Å². The molecule has 1 aromatic rings. The van der Waals surface area contributed by atoms with Gasteiger partial charge in [0.25, 0.3) is 0 Å². The number of carboxylic acids is 1. The van der Waals surface area contributed by atoms with Gasteiger partial charge in [0, 0.05) is 12.2 Å². The van der Waals surface area contributed by atoms with Gasteiger partial charge in [0.15, 0.2) is 0 Å². The number of carbonyl (C=O) groups excluding carboxylic acids is 1. The lowest BCUT2D eigenvalue weighted by molar-refractivity contribution is -0.207. The fourth-order valence-corrected chi connectivity index (χ4v) is 2.10. The fraction of sp³-hybridized carbons (Fsp3) is 0.385. The number of benzene rings is 1. The Morgan fingerprint density at radius 3 is 2.52 bits per heavy atom. The highest BCUT2D eigenvalue weighted by Gasteiger charge is 2.59. The highest BCUT2D eigenvalue weighted by molar-refractivity contribution is 5.93. The van der Waals surface area contributed by atoms with Crippen molar-refractivity contribution in [2.75, 3.05) is 11.9 Å². The van der Waals surface area contributed by atoms with Gasteiger partial charge >= 0.3 is 12.1 Å². The van der Waals surface area contributed by atoms with Crippen molar-refractivity contribution >= 4 is 17.6 Å². The minimum Gasteiger partial charge on any atom is -0.479 e. The Kier molecular flexibility index (Phi) is 3.56. The van der Waals surface area contributed by atoms with E-state index in [4.69, 9.17) is 5.11 Å². The molecule has 5 nitrogen and oxygen atoms in total. The first-order chi connectivity index (χ1) is 9.67. The molecule has 0 radical (unpaired) electrons. The first-order valence-corrected chi connectivity index (χ1v) is 6.12. The number of carbonyl (C=O) groups is 2. The summed E-state index contributed by atoms with van der Waals surface area (Å²) in [5.41, 5.74) is -2.12. The van der Waals surface area contributed by atoms with Crippen LogP contribution < -0.4 is 10.6 Å². The number of carboxylic acid groups (broad SMARTS) is 1. The summed E-state index contributed by atoms with van der Waals surface area (Å²) < 4.78 is 38.7. The SMILES string of the molecule is CC(NC(=O)C1CNc2ccccc21)(C(=O)O)C(F)(F)F. The van der Waals surface area contributed by atoms with Gasteiger partial charge < -0.3 is 15.7 Å². The van der Waals surface area contributed by atoms with Crippen LogP contribution >= 0.6 is 0 Å². The number of hydrogen-bond donors (Lipinski definition) is 3. The summed E-state index contributed by atoms with van der Waals surface area (Å²) in [5.74, 6) is -3.99. The van der Waals surface area contributed by atoms with Crippen LogP contribution in [0.1, 0.15) is 18.4 Å². The summed E-state index contributed by atoms with van der Waals surface area (Å²) in [4.78, 5) is 23.0. The number of rotatable bonds is 3. The fourth-order valence-electron chi connectivity index (χ4n) is 2.10. The van der Waals surface area contributed by atoms with Gasteiger partial charge in [-0.05, 0) is 18.6 Å². The van der Waals surface area contributed by atoms with Crippen LogP contribution in [0.5, 0.6) is 0 Å². The standard InChI is InChI=1S/C13H13F3N2O3/c1-12(11(20)21,13(14,15)16)18-10(19)8-6-17-9-5-3-2-4-7(8)9/h2-5,8,17H,6H2,1H3,(H,18,19)(H,20,21). The molecule has 8 heteroatoms. The zero-order chi connectivity index (χ0) is 15.8. The van der Waals surface area contributed by atoms with E-state index in [2.05, 4.69) is 5.32 Å². The average Bonchev–Trinajstić information content (AvgIpc) is 2.80. The van der Waals surface area contributed by atoms with Gasteiger partial charge in [-0.15, -0.1) is 0 Å². The van der Waals surface area contributed by atoms with Gasteiger partial charge in [-0.3, -0.25) is 4.79 Å². The predicted molar refractivity (Wildman–Crippen MR) is 67.9 cm³/mol. The van der Waals surface area contributed by atoms with Crippen LogP contribution in [0.2, 0.25) is 0 Å². The zero-order valence-electron chi connectivity index (χ0n) is 11.0. The third-order valence-electron chi connectivity index (χ3n) is 3.52. The van der Waals surface area contributed by atoms with Crippen molar-refractivity contribution in [1.82, 2.24) is 5.32 Å². The molecule has 3 N–H and O–H groups in total. The molecule has 21 heavy (non-hydrogen) atoms. The molecule has 2 unspecified atom stereocenters. The summed E-state index contributed by atoms with van der Waals surface area (Å²) in [6.07, 6.45) is -5.10. The van der Waals surface area contributed by atoms with Crippen molar-refractivity contribution in [3.63, 3.8) is 0 Å². The summed E-state index contributed by atoms with van der Waals surface area (Å²) in [6.45, 7) is 0.556. The molecule has 1 aliphatic heterocycles. The maximum absolute atomic E-state index is 12.9. The minimum absolute atomic E-state index is 0.124. The van der Waals surface area contributed by atoms with E-state index in [1.54, 1.807) is 29.6 Å². The molecule has 2 atom stereocenters. The maximum Gasteiger partial charge on any atom is 0.422 e. The number of amides is 1. The average molecular weight is 302 g/mol. The molecular weight excluding hydrogens is 289 g/mol. The largest absolute Gasteiger partial charge is 0.479 e. The lowest BCUT2D eigenvalue weighted by Crippen LogP contribution is -2.62. The van der Waals surface area contributed by atoms with Crippen LogP contribution in [-0.4, -0.2) is 35.2 Å². The number of alkyl halides is 3. The number of nitrogens with one attached hydrogen (secondary N) is 2. The normalized spacial score (nSPS) is 20.1. The van der Waals surface area contributed by atoms with E-state index in [0.717, 1.165) is 0 Å². The lowest BCUT2D eigenvalue weighted by Gasteiger charge is -2.29. The van der Waals surface area contributed by atoms with Gasteiger partial charge in [0.05, 0.1) is 5.92 Å². The molecule has 1 heterocycles. The van der Waals surface area contributed by atoms with Crippen molar-refractivity contribution in [3.05, 3.63) is 29.8 Å². The van der Waals surface area contributed by atoms with E-state index >= 15 is 0 Å². The van der Waals surface area contributed by atoms with Gasteiger partial charge in [0.2, 0.25) is 11.4 Å². The summed E-state index contributed by atoms with van der Waals surface area (Å²) in [7, 11) is 0. The Hall–Kier alpha value is -2.25. The zero-order valence-corrected chi connectivity index (χ0v) is 11.0. The lowest BCUT2D eigenvalue weighted by atomic mass is 9.96. The Bertz CT molecular complexity index is 588. The van der Waals surface area contributed by atoms with E-state index in [9.17, 15) is 22.8 Å². The molecule has 2 rings (SSSR count). The third kappa shape index (κ3) is 2.53. The first-order valence-electron chi connectivity index (χ1n) is 6.12. The van der Waals surface area contributed by atoms with E-state index in [-0.39, 0.29) is 6.54 Å². The number of halogens is 3. The second-order valence-corrected chi connectivity index (χ2v) is 4.94. The van der Waals surface area contributed by atoms with Gasteiger partial charge in [-0.1, -0.05) is 18.2 Å². The molecule has 0 bridgehead atoms. The van der Waals surface area contributed by atoms with Crippen molar-refractivity contribution in [1.29, 1.82) is 0 Å². The van der Waals surface area contributed by atoms with Crippen molar-refractivity contribution in [2.24, 2.45) is 0 Å². The molecule has 1 aliphatic rings. The summed E-state index contributed by atoms with van der Waals surface area (Å²) in [6, 6.07) is 6.70. The first kappa shape index (κ1) is 15.1. The molecule has 0 aliphatic carbocycles. The van der Waals surface area contributed by atoms with Crippen molar-refractivity contribution < 1.29 is 27.9 Å². The summed E-state index contributed by atoms with van der Waals surface area (Å²) in [5, 5.41) is 13.3. The number of hydrogen-bond acceptors (Lipinski definition) is 3. The molecule has 1 amide bonds. The van der Waals surface area contributed by atoms with Crippen LogP contribution in [0.4, 0.5) is 18.9 Å². The Morgan fingerprint density at radius 1 is 1.33 bits per heavy atom. The van der Waals surface area contributed by atoms with Crippen LogP contribution in [0.3, 0.4) is 0 Å². The third-order valence-corrected chi connectivity index (χ3v) is 3.52. The minimum atomic E-state index is -5.10. The second kappa shape index (κ2) is 4.94. The number of para-hydroxylation sites is 1. The van der Waals surface area contributed by atoms with E-state index in [1.807, 2.05) is 0 Å². The molecule has 0 saturated heterocycles. The maximum atomic E-state index is 12.9. The molecule has 0 saturated carbocycles. The highest BCUT2D eigenvalue weighted by atomic mass is 19.4. The molecule has 114 valence electrons. The van der Waals surface area contributed by atoms with Gasteiger partial charge in [-0.2, -0.15) is 13.2 Å². The molecule has 0 spiro atoms. The van der Waals surface area contributed by atoms with Crippen LogP contribution in [-0.2, 0) is 9.59 Å². The smallest absolute Gasteiger partial charge is 0.422 e. The number of anilines is 1. The Morgan fingerprint density at radius 2 is 1.95 bits per heavy atom. The van der Waals surface area contributed by atoms with Gasteiger partial charge in [0.1, 0.15) is 0 Å². The van der Waals surface area contributed by atoms with Crippen molar-refractivity contribution in [2.45, 2.75) is 24.6 Å². The second-order valence-electron chi connectivity index (χ2n) is 4.94. The van der Waals surface area contributed by atoms with Gasteiger partial charge in [-0.25, -0.2) is 4.79 Å². The molecule has 1 aromatic carbocycles. The molecule has 0 fully saturated rings. The molecular formula is C13H13F3N2O3. The number of aliphatic carboxylic acids is 1. The number of fused-ring (bicyclic) bond motifs is 1. The Labute approximate surface area is 118 Å². The van der Waals surface area contributed by atoms with Crippen molar-refractivity contribution in [3.8, 4) is 0 Å².